The fourth-order valence-electron chi connectivity index (χ4n) is 2.64. The Balaban J connectivity index is 2.08. The number of ether oxygens (including phenoxy) is 2. The lowest BCUT2D eigenvalue weighted by molar-refractivity contribution is 0.125. The highest BCUT2D eigenvalue weighted by atomic mass is 16.5. The van der Waals surface area contributed by atoms with Crippen LogP contribution in [-0.2, 0) is 5.72 Å². The minimum Gasteiger partial charge on any atom is -0.497 e. The Bertz CT molecular complexity index is 811. The fraction of sp³-hybridized carbons (Fsp3) is 0.263. The summed E-state index contributed by atoms with van der Waals surface area (Å²) in [5, 5.41) is 11.4. The summed E-state index contributed by atoms with van der Waals surface area (Å²) >= 11 is 0. The van der Waals surface area contributed by atoms with Crippen molar-refractivity contribution in [2.75, 3.05) is 28.3 Å². The summed E-state index contributed by atoms with van der Waals surface area (Å²) in [5.74, 6) is 1.92. The second kappa shape index (κ2) is 6.57. The van der Waals surface area contributed by atoms with E-state index in [-0.39, 0.29) is 0 Å². The lowest BCUT2D eigenvalue weighted by atomic mass is 9.93. The molecule has 2 aromatic rings. The van der Waals surface area contributed by atoms with Crippen molar-refractivity contribution >= 4 is 11.7 Å². The zero-order valence-corrected chi connectivity index (χ0v) is 14.7. The third-order valence-electron chi connectivity index (χ3n) is 4.06. The molecule has 0 spiro atoms. The topological polar surface area (TPSA) is 66.7 Å². The van der Waals surface area contributed by atoms with Crippen LogP contribution in [0.3, 0.4) is 0 Å². The van der Waals surface area contributed by atoms with Gasteiger partial charge in [0.1, 0.15) is 17.2 Å². The molecule has 1 unspecified atom stereocenters. The lowest BCUT2D eigenvalue weighted by Crippen LogP contribution is -2.32. The van der Waals surface area contributed by atoms with E-state index in [0.29, 0.717) is 23.0 Å². The van der Waals surface area contributed by atoms with E-state index in [0.717, 1.165) is 11.3 Å². The second-order valence-corrected chi connectivity index (χ2v) is 5.90. The maximum Gasteiger partial charge on any atom is 0.230 e. The zero-order valence-electron chi connectivity index (χ0n) is 14.7. The summed E-state index contributed by atoms with van der Waals surface area (Å²) in [4.78, 5) is 10.8. The van der Waals surface area contributed by atoms with E-state index in [9.17, 15) is 5.11 Å². The third kappa shape index (κ3) is 3.08. The molecular weight excluding hydrogens is 318 g/mol. The van der Waals surface area contributed by atoms with E-state index in [2.05, 4.69) is 9.98 Å². The largest absolute Gasteiger partial charge is 0.497 e. The number of methoxy groups -OCH3 is 2. The second-order valence-electron chi connectivity index (χ2n) is 5.90. The zero-order chi connectivity index (χ0) is 18.0. The molecule has 0 saturated heterocycles. The number of hydrogen-bond donors (Lipinski definition) is 1. The Hall–Kier alpha value is -2.86. The highest BCUT2D eigenvalue weighted by Gasteiger charge is 2.41. The number of aliphatic imine (C=N–C) groups is 2. The van der Waals surface area contributed by atoms with E-state index in [4.69, 9.17) is 9.47 Å². The fourth-order valence-corrected chi connectivity index (χ4v) is 2.64. The van der Waals surface area contributed by atoms with Gasteiger partial charge >= 0.3 is 0 Å². The third-order valence-corrected chi connectivity index (χ3v) is 4.06. The van der Waals surface area contributed by atoms with Gasteiger partial charge in [-0.05, 0) is 36.4 Å². The van der Waals surface area contributed by atoms with E-state index < -0.39 is 5.72 Å². The molecule has 0 aromatic heterocycles. The van der Waals surface area contributed by atoms with Crippen molar-refractivity contribution in [1.29, 1.82) is 0 Å². The van der Waals surface area contributed by atoms with Gasteiger partial charge in [0.2, 0.25) is 11.7 Å². The molecule has 6 heteroatoms. The Morgan fingerprint density at radius 3 is 1.88 bits per heavy atom. The van der Waals surface area contributed by atoms with Crippen LogP contribution in [0.15, 0.2) is 58.5 Å². The highest BCUT2D eigenvalue weighted by molar-refractivity contribution is 6.15. The van der Waals surface area contributed by atoms with Crippen LogP contribution in [0, 0.1) is 0 Å². The van der Waals surface area contributed by atoms with Crippen LogP contribution in [0.25, 0.3) is 0 Å². The molecule has 25 heavy (non-hydrogen) atoms. The predicted octanol–water partition coefficient (Wildman–Crippen LogP) is 2.27. The summed E-state index contributed by atoms with van der Waals surface area (Å²) < 4.78 is 10.4. The first-order valence-corrected chi connectivity index (χ1v) is 7.85. The molecule has 0 radical (unpaired) electrons. The normalized spacial score (nSPS) is 19.2. The summed E-state index contributed by atoms with van der Waals surface area (Å²) in [6.45, 7) is 0. The van der Waals surface area contributed by atoms with Crippen LogP contribution in [0.4, 0.5) is 0 Å². The van der Waals surface area contributed by atoms with Gasteiger partial charge in [0.25, 0.3) is 0 Å². The minimum absolute atomic E-state index is 0.462. The standard InChI is InChI=1S/C19H21N3O3/c1-22(2)18-20-17(13-5-9-15(24-3)10-6-13)19(23,21-18)14-7-11-16(25-4)12-8-14/h5-12,23H,1-4H3. The molecule has 1 N–H and O–H groups in total. The van der Waals surface area contributed by atoms with E-state index in [1.165, 1.54) is 0 Å². The molecule has 0 amide bonds. The van der Waals surface area contributed by atoms with Crippen molar-refractivity contribution in [3.8, 4) is 11.5 Å². The van der Waals surface area contributed by atoms with Crippen molar-refractivity contribution in [3.05, 3.63) is 59.7 Å². The molecule has 0 fully saturated rings. The van der Waals surface area contributed by atoms with Crippen LogP contribution >= 0.6 is 0 Å². The Morgan fingerprint density at radius 2 is 1.40 bits per heavy atom. The van der Waals surface area contributed by atoms with Crippen LogP contribution in [0.1, 0.15) is 11.1 Å². The van der Waals surface area contributed by atoms with E-state index in [1.54, 1.807) is 43.4 Å². The van der Waals surface area contributed by atoms with Gasteiger partial charge in [0.15, 0.2) is 0 Å². The summed E-state index contributed by atoms with van der Waals surface area (Å²) in [6.07, 6.45) is 0. The average Bonchev–Trinajstić information content (AvgIpc) is 3.01. The highest BCUT2D eigenvalue weighted by Crippen LogP contribution is 2.34. The molecule has 1 aliphatic heterocycles. The van der Waals surface area contributed by atoms with Gasteiger partial charge in [-0.1, -0.05) is 12.1 Å². The van der Waals surface area contributed by atoms with Crippen molar-refractivity contribution in [3.63, 3.8) is 0 Å². The molecule has 6 nitrogen and oxygen atoms in total. The summed E-state index contributed by atoms with van der Waals surface area (Å²) in [5.41, 5.74) is 0.323. The van der Waals surface area contributed by atoms with Crippen molar-refractivity contribution < 1.29 is 14.6 Å². The SMILES string of the molecule is COc1ccc(C2=NC(N(C)C)=NC2(O)c2ccc(OC)cc2)cc1. The first kappa shape index (κ1) is 17.0. The predicted molar refractivity (Wildman–Crippen MR) is 97.5 cm³/mol. The van der Waals surface area contributed by atoms with Crippen LogP contribution in [-0.4, -0.2) is 50.0 Å². The number of nitrogens with zero attached hydrogens (tertiary/aromatic N) is 3. The van der Waals surface area contributed by atoms with Gasteiger partial charge in [0, 0.05) is 25.2 Å². The minimum atomic E-state index is -1.56. The molecule has 130 valence electrons. The first-order valence-electron chi connectivity index (χ1n) is 7.85. The molecule has 0 aliphatic carbocycles. The van der Waals surface area contributed by atoms with Crippen LogP contribution in [0.2, 0.25) is 0 Å². The maximum absolute atomic E-state index is 11.4. The Kier molecular flexibility index (Phi) is 4.46. The van der Waals surface area contributed by atoms with Crippen molar-refractivity contribution in [2.45, 2.75) is 5.72 Å². The number of aliphatic hydroxyl groups is 1. The van der Waals surface area contributed by atoms with Gasteiger partial charge in [0.05, 0.1) is 14.2 Å². The molecule has 3 rings (SSSR count). The molecule has 0 saturated carbocycles. The van der Waals surface area contributed by atoms with Gasteiger partial charge in [-0.15, -0.1) is 0 Å². The van der Waals surface area contributed by atoms with Crippen LogP contribution in [0.5, 0.6) is 11.5 Å². The number of hydrogen-bond acceptors (Lipinski definition) is 6. The lowest BCUT2D eigenvalue weighted by Gasteiger charge is -2.22. The first-order chi connectivity index (χ1) is 12.0. The van der Waals surface area contributed by atoms with Crippen molar-refractivity contribution in [2.24, 2.45) is 9.98 Å². The number of guanidine groups is 1. The molecular formula is C19H21N3O3. The Labute approximate surface area is 147 Å². The molecule has 1 atom stereocenters. The van der Waals surface area contributed by atoms with E-state index >= 15 is 0 Å². The molecule has 1 heterocycles. The quantitative estimate of drug-likeness (QED) is 0.928. The molecule has 1 aliphatic rings. The number of benzene rings is 2. The van der Waals surface area contributed by atoms with Gasteiger partial charge in [-0.3, -0.25) is 0 Å². The maximum atomic E-state index is 11.4. The Morgan fingerprint density at radius 1 is 0.880 bits per heavy atom. The van der Waals surface area contributed by atoms with Gasteiger partial charge < -0.3 is 19.5 Å². The van der Waals surface area contributed by atoms with Crippen LogP contribution < -0.4 is 9.47 Å². The summed E-state index contributed by atoms with van der Waals surface area (Å²) in [7, 11) is 6.90. The van der Waals surface area contributed by atoms with E-state index in [1.807, 2.05) is 38.4 Å². The van der Waals surface area contributed by atoms with Gasteiger partial charge in [-0.25, -0.2) is 9.98 Å². The van der Waals surface area contributed by atoms with Crippen molar-refractivity contribution in [1.82, 2.24) is 4.90 Å². The van der Waals surface area contributed by atoms with Gasteiger partial charge in [-0.2, -0.15) is 0 Å². The monoisotopic (exact) mass is 339 g/mol. The average molecular weight is 339 g/mol. The number of rotatable bonds is 4. The summed E-state index contributed by atoms with van der Waals surface area (Å²) in [6, 6.07) is 14.6. The molecule has 2 aromatic carbocycles. The smallest absolute Gasteiger partial charge is 0.230 e. The molecule has 0 bridgehead atoms.